The number of aromatic nitrogens is 2. The maximum absolute atomic E-state index is 11.1. The highest BCUT2D eigenvalue weighted by Crippen LogP contribution is 1.88. The van der Waals surface area contributed by atoms with E-state index in [2.05, 4.69) is 27.5 Å². The molecule has 0 aliphatic heterocycles. The van der Waals surface area contributed by atoms with Crippen molar-refractivity contribution in [2.75, 3.05) is 6.54 Å². The number of rotatable bonds is 5. The third kappa shape index (κ3) is 3.99. The lowest BCUT2D eigenvalue weighted by atomic mass is 10.3. The normalized spacial score (nSPS) is 9.71. The van der Waals surface area contributed by atoms with E-state index in [1.54, 1.807) is 12.4 Å². The number of nitrogens with one attached hydrogen (secondary N) is 2. The quantitative estimate of drug-likeness (QED) is 0.587. The first kappa shape index (κ1) is 10.6. The summed E-state index contributed by atoms with van der Waals surface area (Å²) in [5.74, 6) is 0.699. The van der Waals surface area contributed by atoms with Gasteiger partial charge in [-0.05, 0) is 0 Å². The summed E-state index contributed by atoms with van der Waals surface area (Å²) in [4.78, 5) is 18.2. The minimum Gasteiger partial charge on any atom is -0.393 e. The molecule has 76 valence electrons. The second kappa shape index (κ2) is 5.33. The summed E-state index contributed by atoms with van der Waals surface area (Å²) in [5.41, 5.74) is 5.21. The van der Waals surface area contributed by atoms with Crippen LogP contribution in [0.5, 0.6) is 0 Å². The molecule has 0 radical (unpaired) electrons. The Labute approximate surface area is 87.1 Å². The molecule has 1 heterocycles. The Bertz CT molecular complexity index is 309. The molecule has 5 nitrogen and oxygen atoms in total. The standard InChI is InChI=1S/C8H12N4OS/c9-6(14)5-8(13)12-2-1-7-10-3-4-11-7/h3-4H,1-2,5H2,(H2,9,14)(H,10,11)(H,12,13). The summed E-state index contributed by atoms with van der Waals surface area (Å²) in [7, 11) is 0. The van der Waals surface area contributed by atoms with Gasteiger partial charge >= 0.3 is 0 Å². The van der Waals surface area contributed by atoms with Crippen molar-refractivity contribution < 1.29 is 4.79 Å². The molecule has 14 heavy (non-hydrogen) atoms. The van der Waals surface area contributed by atoms with Crippen molar-refractivity contribution in [2.24, 2.45) is 5.73 Å². The SMILES string of the molecule is NC(=S)CC(=O)NCCc1ncc[nH]1. The number of hydrogen-bond donors (Lipinski definition) is 3. The van der Waals surface area contributed by atoms with Gasteiger partial charge in [0.2, 0.25) is 5.91 Å². The Morgan fingerprint density at radius 2 is 2.50 bits per heavy atom. The third-order valence-electron chi connectivity index (χ3n) is 1.57. The van der Waals surface area contributed by atoms with Crippen molar-refractivity contribution in [3.8, 4) is 0 Å². The molecule has 0 saturated heterocycles. The molecule has 1 aromatic heterocycles. The average molecular weight is 212 g/mol. The molecule has 1 rings (SSSR count). The molecule has 0 fully saturated rings. The van der Waals surface area contributed by atoms with Gasteiger partial charge < -0.3 is 16.0 Å². The van der Waals surface area contributed by atoms with Crippen LogP contribution >= 0.6 is 12.2 Å². The van der Waals surface area contributed by atoms with Gasteiger partial charge in [-0.2, -0.15) is 0 Å². The van der Waals surface area contributed by atoms with Gasteiger partial charge in [-0.15, -0.1) is 0 Å². The van der Waals surface area contributed by atoms with E-state index >= 15 is 0 Å². The fourth-order valence-electron chi connectivity index (χ4n) is 0.976. The lowest BCUT2D eigenvalue weighted by Crippen LogP contribution is -2.29. The van der Waals surface area contributed by atoms with Crippen LogP contribution in [0.1, 0.15) is 12.2 Å². The van der Waals surface area contributed by atoms with Gasteiger partial charge in [0.25, 0.3) is 0 Å². The first-order valence-corrected chi connectivity index (χ1v) is 4.62. The Morgan fingerprint density at radius 3 is 3.07 bits per heavy atom. The van der Waals surface area contributed by atoms with Crippen LogP contribution in [0.3, 0.4) is 0 Å². The van der Waals surface area contributed by atoms with Crippen LogP contribution in [0.2, 0.25) is 0 Å². The Morgan fingerprint density at radius 1 is 1.71 bits per heavy atom. The van der Waals surface area contributed by atoms with Gasteiger partial charge in [0.1, 0.15) is 5.82 Å². The molecular weight excluding hydrogens is 200 g/mol. The van der Waals surface area contributed by atoms with Crippen LogP contribution in [-0.4, -0.2) is 27.4 Å². The number of carbonyl (C=O) groups is 1. The topological polar surface area (TPSA) is 83.8 Å². The number of thiocarbonyl (C=S) groups is 1. The third-order valence-corrected chi connectivity index (χ3v) is 1.72. The van der Waals surface area contributed by atoms with E-state index in [-0.39, 0.29) is 17.3 Å². The van der Waals surface area contributed by atoms with E-state index in [0.717, 1.165) is 5.82 Å². The smallest absolute Gasteiger partial charge is 0.226 e. The van der Waals surface area contributed by atoms with Gasteiger partial charge in [0.15, 0.2) is 0 Å². The molecule has 0 aliphatic rings. The fourth-order valence-corrected chi connectivity index (χ4v) is 1.11. The van der Waals surface area contributed by atoms with E-state index in [0.29, 0.717) is 13.0 Å². The van der Waals surface area contributed by atoms with Crippen LogP contribution < -0.4 is 11.1 Å². The maximum Gasteiger partial charge on any atom is 0.226 e. The molecule has 4 N–H and O–H groups in total. The van der Waals surface area contributed by atoms with E-state index in [1.165, 1.54) is 0 Å². The van der Waals surface area contributed by atoms with E-state index < -0.39 is 0 Å². The summed E-state index contributed by atoms with van der Waals surface area (Å²) < 4.78 is 0. The molecule has 0 aromatic carbocycles. The predicted molar refractivity (Wildman–Crippen MR) is 56.7 cm³/mol. The molecule has 0 saturated carbocycles. The van der Waals surface area contributed by atoms with Crippen molar-refractivity contribution in [3.63, 3.8) is 0 Å². The zero-order valence-electron chi connectivity index (χ0n) is 7.62. The van der Waals surface area contributed by atoms with Gasteiger partial charge in [-0.25, -0.2) is 4.98 Å². The summed E-state index contributed by atoms with van der Waals surface area (Å²) in [6.07, 6.45) is 4.20. The van der Waals surface area contributed by atoms with Gasteiger partial charge in [0.05, 0.1) is 11.4 Å². The fraction of sp³-hybridized carbons (Fsp3) is 0.375. The summed E-state index contributed by atoms with van der Waals surface area (Å²) in [5, 5.41) is 2.69. The zero-order chi connectivity index (χ0) is 10.4. The Balaban J connectivity index is 2.15. The maximum atomic E-state index is 11.1. The highest BCUT2D eigenvalue weighted by atomic mass is 32.1. The minimum absolute atomic E-state index is 0.105. The highest BCUT2D eigenvalue weighted by molar-refractivity contribution is 7.80. The number of nitrogens with two attached hydrogens (primary N) is 1. The molecule has 1 amide bonds. The molecule has 0 unspecified atom stereocenters. The first-order chi connectivity index (χ1) is 6.68. The van der Waals surface area contributed by atoms with Crippen molar-refractivity contribution in [1.29, 1.82) is 0 Å². The van der Waals surface area contributed by atoms with Crippen LogP contribution in [0.25, 0.3) is 0 Å². The molecule has 0 atom stereocenters. The minimum atomic E-state index is -0.149. The largest absolute Gasteiger partial charge is 0.393 e. The number of aromatic amines is 1. The molecule has 6 heteroatoms. The molecule has 1 aromatic rings. The number of H-pyrrole nitrogens is 1. The van der Waals surface area contributed by atoms with Crippen LogP contribution in [0, 0.1) is 0 Å². The summed E-state index contributed by atoms with van der Waals surface area (Å²) >= 11 is 4.60. The number of carbonyl (C=O) groups excluding carboxylic acids is 1. The monoisotopic (exact) mass is 212 g/mol. The number of nitrogens with zero attached hydrogens (tertiary/aromatic N) is 1. The number of hydrogen-bond acceptors (Lipinski definition) is 3. The Hall–Kier alpha value is -1.43. The zero-order valence-corrected chi connectivity index (χ0v) is 8.43. The van der Waals surface area contributed by atoms with Crippen LogP contribution in [-0.2, 0) is 11.2 Å². The van der Waals surface area contributed by atoms with Crippen molar-refractivity contribution in [3.05, 3.63) is 18.2 Å². The average Bonchev–Trinajstić information content (AvgIpc) is 2.55. The second-order valence-corrected chi connectivity index (χ2v) is 3.30. The summed E-state index contributed by atoms with van der Waals surface area (Å²) in [6, 6.07) is 0. The lowest BCUT2D eigenvalue weighted by Gasteiger charge is -2.02. The van der Waals surface area contributed by atoms with Crippen LogP contribution in [0.15, 0.2) is 12.4 Å². The Kier molecular flexibility index (Phi) is 4.06. The van der Waals surface area contributed by atoms with Crippen molar-refractivity contribution >= 4 is 23.1 Å². The lowest BCUT2D eigenvalue weighted by molar-refractivity contribution is -0.119. The van der Waals surface area contributed by atoms with Crippen molar-refractivity contribution in [1.82, 2.24) is 15.3 Å². The molecule has 0 bridgehead atoms. The predicted octanol–water partition coefficient (Wildman–Crippen LogP) is -0.255. The number of amides is 1. The second-order valence-electron chi connectivity index (χ2n) is 2.78. The van der Waals surface area contributed by atoms with Gasteiger partial charge in [0, 0.05) is 25.4 Å². The van der Waals surface area contributed by atoms with Gasteiger partial charge in [-0.1, -0.05) is 12.2 Å². The van der Waals surface area contributed by atoms with E-state index in [9.17, 15) is 4.79 Å². The van der Waals surface area contributed by atoms with E-state index in [1.807, 2.05) is 0 Å². The van der Waals surface area contributed by atoms with E-state index in [4.69, 9.17) is 5.73 Å². The van der Waals surface area contributed by atoms with Crippen molar-refractivity contribution in [2.45, 2.75) is 12.8 Å². The number of imidazole rings is 1. The molecule has 0 spiro atoms. The van der Waals surface area contributed by atoms with Gasteiger partial charge in [-0.3, -0.25) is 4.79 Å². The summed E-state index contributed by atoms with van der Waals surface area (Å²) in [6.45, 7) is 0.537. The first-order valence-electron chi connectivity index (χ1n) is 4.21. The molecular formula is C8H12N4OS. The molecule has 0 aliphatic carbocycles. The highest BCUT2D eigenvalue weighted by Gasteiger charge is 2.02. The van der Waals surface area contributed by atoms with Crippen LogP contribution in [0.4, 0.5) is 0 Å².